The Hall–Kier alpha value is -3.61. The number of aryl methyl sites for hydroxylation is 2. The Morgan fingerprint density at radius 3 is 2.32 bits per heavy atom. The van der Waals surface area contributed by atoms with Crippen molar-refractivity contribution in [3.63, 3.8) is 0 Å². The highest BCUT2D eigenvalue weighted by Crippen LogP contribution is 2.29. The number of hydrogen-bond donors (Lipinski definition) is 2. The second kappa shape index (κ2) is 7.56. The van der Waals surface area contributed by atoms with Gasteiger partial charge in [-0.3, -0.25) is 9.59 Å². The lowest BCUT2D eigenvalue weighted by atomic mass is 10.0. The molecule has 144 valence electrons. The lowest BCUT2D eigenvalue weighted by Gasteiger charge is -2.12. The number of carbonyl (C=O) groups excluding carboxylic acids is 2. The third-order valence-electron chi connectivity index (χ3n) is 4.64. The minimum atomic E-state index is -0.537. The van der Waals surface area contributed by atoms with Crippen molar-refractivity contribution in [1.82, 2.24) is 0 Å². The maximum atomic E-state index is 12.1. The fourth-order valence-electron chi connectivity index (χ4n) is 2.84. The number of fused-ring (bicyclic) bond motifs is 1. The molecule has 7 nitrogen and oxygen atoms in total. The fraction of sp³-hybridized carbons (Fsp3) is 0.190. The van der Waals surface area contributed by atoms with E-state index in [0.29, 0.717) is 33.7 Å². The first-order valence-corrected chi connectivity index (χ1v) is 8.64. The number of rotatable bonds is 5. The highest BCUT2D eigenvalue weighted by molar-refractivity contribution is 5.95. The molecule has 0 bridgehead atoms. The average molecular weight is 380 g/mol. The van der Waals surface area contributed by atoms with Crippen molar-refractivity contribution in [2.75, 3.05) is 11.9 Å². The maximum Gasteiger partial charge on any atom is 0.339 e. The van der Waals surface area contributed by atoms with Crippen LogP contribution in [0.2, 0.25) is 0 Å². The van der Waals surface area contributed by atoms with E-state index in [9.17, 15) is 14.4 Å². The molecule has 0 saturated carbocycles. The van der Waals surface area contributed by atoms with Crippen LogP contribution in [0.1, 0.15) is 27.0 Å². The van der Waals surface area contributed by atoms with Crippen molar-refractivity contribution >= 4 is 28.5 Å². The number of nitrogens with two attached hydrogens (primary N) is 1. The van der Waals surface area contributed by atoms with Crippen molar-refractivity contribution in [2.45, 2.75) is 20.8 Å². The average Bonchev–Trinajstić information content (AvgIpc) is 2.66. The highest BCUT2D eigenvalue weighted by Gasteiger charge is 2.14. The van der Waals surface area contributed by atoms with E-state index in [4.69, 9.17) is 14.9 Å². The molecule has 0 atom stereocenters. The number of nitrogens with one attached hydrogen (secondary N) is 1. The number of benzene rings is 2. The molecule has 7 heteroatoms. The summed E-state index contributed by atoms with van der Waals surface area (Å²) in [5, 5.41) is 3.51. The molecular formula is C21H20N2O5. The van der Waals surface area contributed by atoms with E-state index in [1.54, 1.807) is 32.0 Å². The Morgan fingerprint density at radius 2 is 1.68 bits per heavy atom. The van der Waals surface area contributed by atoms with Gasteiger partial charge < -0.3 is 20.2 Å². The quantitative estimate of drug-likeness (QED) is 0.661. The third kappa shape index (κ3) is 3.73. The van der Waals surface area contributed by atoms with Gasteiger partial charge in [0.05, 0.1) is 0 Å². The van der Waals surface area contributed by atoms with Crippen LogP contribution < -0.4 is 21.4 Å². The van der Waals surface area contributed by atoms with Crippen LogP contribution >= 0.6 is 0 Å². The zero-order valence-electron chi connectivity index (χ0n) is 15.8. The number of anilines is 1. The molecule has 3 aromatic rings. The molecule has 0 radical (unpaired) electrons. The predicted octanol–water partition coefficient (Wildman–Crippen LogP) is 2.83. The van der Waals surface area contributed by atoms with Crippen LogP contribution in [0.15, 0.2) is 45.6 Å². The van der Waals surface area contributed by atoms with Gasteiger partial charge in [-0.2, -0.15) is 0 Å². The van der Waals surface area contributed by atoms with Crippen LogP contribution in [-0.4, -0.2) is 18.4 Å². The second-order valence-electron chi connectivity index (χ2n) is 6.48. The third-order valence-corrected chi connectivity index (χ3v) is 4.64. The molecular weight excluding hydrogens is 360 g/mol. The van der Waals surface area contributed by atoms with Gasteiger partial charge in [0.2, 0.25) is 5.91 Å². The molecule has 0 aliphatic heterocycles. The molecule has 1 heterocycles. The van der Waals surface area contributed by atoms with Crippen LogP contribution in [-0.2, 0) is 4.79 Å². The van der Waals surface area contributed by atoms with Crippen LogP contribution in [0.4, 0.5) is 5.69 Å². The number of primary amides is 1. The molecule has 3 rings (SSSR count). The van der Waals surface area contributed by atoms with Crippen molar-refractivity contribution in [1.29, 1.82) is 0 Å². The Morgan fingerprint density at radius 1 is 1.00 bits per heavy atom. The van der Waals surface area contributed by atoms with Crippen LogP contribution in [0.5, 0.6) is 5.75 Å². The molecule has 3 N–H and O–H groups in total. The molecule has 2 amide bonds. The molecule has 28 heavy (non-hydrogen) atoms. The van der Waals surface area contributed by atoms with Gasteiger partial charge >= 0.3 is 5.63 Å². The summed E-state index contributed by atoms with van der Waals surface area (Å²) in [6.45, 7) is 5.14. The summed E-state index contributed by atoms with van der Waals surface area (Å²) in [6.07, 6.45) is 0. The minimum absolute atomic E-state index is 0.223. The van der Waals surface area contributed by atoms with E-state index < -0.39 is 5.91 Å². The Labute approximate surface area is 161 Å². The Bertz CT molecular complexity index is 1130. The van der Waals surface area contributed by atoms with Gasteiger partial charge in [0.15, 0.2) is 6.61 Å². The van der Waals surface area contributed by atoms with Crippen LogP contribution in [0, 0.1) is 20.8 Å². The van der Waals surface area contributed by atoms with Gasteiger partial charge in [0, 0.05) is 27.8 Å². The first-order valence-electron chi connectivity index (χ1n) is 8.64. The van der Waals surface area contributed by atoms with E-state index in [1.165, 1.54) is 12.1 Å². The maximum absolute atomic E-state index is 12.1. The molecule has 0 fully saturated rings. The fourth-order valence-corrected chi connectivity index (χ4v) is 2.84. The van der Waals surface area contributed by atoms with Crippen LogP contribution in [0.25, 0.3) is 11.0 Å². The van der Waals surface area contributed by atoms with Crippen molar-refractivity contribution in [3.8, 4) is 5.75 Å². The molecule has 0 aliphatic carbocycles. The van der Waals surface area contributed by atoms with Gasteiger partial charge in [0.25, 0.3) is 5.91 Å². The van der Waals surface area contributed by atoms with E-state index in [1.807, 2.05) is 13.0 Å². The molecule has 0 aliphatic rings. The molecule has 2 aromatic carbocycles. The van der Waals surface area contributed by atoms with Gasteiger partial charge in [-0.05, 0) is 62.7 Å². The standard InChI is InChI=1S/C21H20N2O5/c1-11-12(2)21(26)28-19-13(3)17(9-8-16(11)19)27-10-18(24)23-15-6-4-14(5-7-15)20(22)25/h4-9H,10H2,1-3H3,(H2,22,25)(H,23,24). The Kier molecular flexibility index (Phi) is 5.17. The number of carbonyl (C=O) groups is 2. The largest absolute Gasteiger partial charge is 0.483 e. The number of ether oxygens (including phenoxy) is 1. The first kappa shape index (κ1) is 19.2. The summed E-state index contributed by atoms with van der Waals surface area (Å²) in [5.74, 6) is -0.448. The summed E-state index contributed by atoms with van der Waals surface area (Å²) < 4.78 is 11.0. The smallest absolute Gasteiger partial charge is 0.339 e. The SMILES string of the molecule is Cc1c(C)c2ccc(OCC(=O)Nc3ccc(C(N)=O)cc3)c(C)c2oc1=O. The van der Waals surface area contributed by atoms with E-state index >= 15 is 0 Å². The topological polar surface area (TPSA) is 112 Å². The highest BCUT2D eigenvalue weighted by atomic mass is 16.5. The van der Waals surface area contributed by atoms with E-state index in [2.05, 4.69) is 5.32 Å². The minimum Gasteiger partial charge on any atom is -0.483 e. The van der Waals surface area contributed by atoms with E-state index in [0.717, 1.165) is 10.9 Å². The zero-order chi connectivity index (χ0) is 20.4. The van der Waals surface area contributed by atoms with Crippen molar-refractivity contribution in [2.24, 2.45) is 5.73 Å². The van der Waals surface area contributed by atoms with Crippen molar-refractivity contribution in [3.05, 3.63) is 69.1 Å². The normalized spacial score (nSPS) is 10.7. The monoisotopic (exact) mass is 380 g/mol. The van der Waals surface area contributed by atoms with Gasteiger partial charge in [-0.25, -0.2) is 4.79 Å². The summed E-state index contributed by atoms with van der Waals surface area (Å²) in [4.78, 5) is 35.2. The Balaban J connectivity index is 1.73. The predicted molar refractivity (Wildman–Crippen MR) is 106 cm³/mol. The molecule has 0 spiro atoms. The molecule has 1 aromatic heterocycles. The van der Waals surface area contributed by atoms with Crippen molar-refractivity contribution < 1.29 is 18.7 Å². The van der Waals surface area contributed by atoms with Crippen LogP contribution in [0.3, 0.4) is 0 Å². The van der Waals surface area contributed by atoms with Gasteiger partial charge in [0.1, 0.15) is 11.3 Å². The molecule has 0 unspecified atom stereocenters. The number of hydrogen-bond acceptors (Lipinski definition) is 5. The summed E-state index contributed by atoms with van der Waals surface area (Å²) in [7, 11) is 0. The lowest BCUT2D eigenvalue weighted by Crippen LogP contribution is -2.20. The lowest BCUT2D eigenvalue weighted by molar-refractivity contribution is -0.118. The number of amides is 2. The summed E-state index contributed by atoms with van der Waals surface area (Å²) in [6, 6.07) is 9.78. The second-order valence-corrected chi connectivity index (χ2v) is 6.48. The van der Waals surface area contributed by atoms with Gasteiger partial charge in [-0.1, -0.05) is 0 Å². The summed E-state index contributed by atoms with van der Waals surface area (Å²) in [5.41, 5.74) is 8.20. The van der Waals surface area contributed by atoms with Gasteiger partial charge in [-0.15, -0.1) is 0 Å². The zero-order valence-corrected chi connectivity index (χ0v) is 15.8. The van der Waals surface area contributed by atoms with E-state index in [-0.39, 0.29) is 18.1 Å². The summed E-state index contributed by atoms with van der Waals surface area (Å²) >= 11 is 0. The first-order chi connectivity index (χ1) is 13.3. The molecule has 0 saturated heterocycles.